The molecule has 106 valence electrons. The van der Waals surface area contributed by atoms with Crippen LogP contribution in [0.3, 0.4) is 0 Å². The maximum atomic E-state index is 6.03. The maximum Gasteiger partial charge on any atom is 0.0301 e. The molecule has 2 rings (SSSR count). The standard InChI is InChI=1S/C18H24N2/c1-14(2)20-17(13-19)18(15-9-5-3-6-10-15)16-11-7-4-8-12-16/h3-12,14,17-18,20H,13,19H2,1-2H3. The summed E-state index contributed by atoms with van der Waals surface area (Å²) in [5.74, 6) is 0.282. The summed E-state index contributed by atoms with van der Waals surface area (Å²) in [6.45, 7) is 4.94. The summed E-state index contributed by atoms with van der Waals surface area (Å²) in [7, 11) is 0. The fraction of sp³-hybridized carbons (Fsp3) is 0.333. The van der Waals surface area contributed by atoms with Gasteiger partial charge in [0.2, 0.25) is 0 Å². The second-order valence-corrected chi connectivity index (χ2v) is 5.46. The first-order chi connectivity index (χ1) is 9.72. The minimum Gasteiger partial charge on any atom is -0.329 e. The van der Waals surface area contributed by atoms with E-state index in [0.717, 1.165) is 0 Å². The average Bonchev–Trinajstić information content (AvgIpc) is 2.48. The largest absolute Gasteiger partial charge is 0.329 e. The Labute approximate surface area is 122 Å². The Morgan fingerprint density at radius 2 is 1.30 bits per heavy atom. The lowest BCUT2D eigenvalue weighted by atomic mass is 9.84. The summed E-state index contributed by atoms with van der Waals surface area (Å²) in [6, 6.07) is 21.9. The molecule has 0 amide bonds. The molecule has 2 nitrogen and oxygen atoms in total. The molecule has 3 N–H and O–H groups in total. The zero-order valence-corrected chi connectivity index (χ0v) is 12.3. The van der Waals surface area contributed by atoms with E-state index in [9.17, 15) is 0 Å². The van der Waals surface area contributed by atoms with Crippen molar-refractivity contribution in [3.63, 3.8) is 0 Å². The predicted octanol–water partition coefficient (Wildman–Crippen LogP) is 3.14. The Balaban J connectivity index is 2.38. The molecule has 0 radical (unpaired) electrons. The number of nitrogens with two attached hydrogens (primary N) is 1. The quantitative estimate of drug-likeness (QED) is 0.844. The van der Waals surface area contributed by atoms with Gasteiger partial charge in [-0.05, 0) is 11.1 Å². The van der Waals surface area contributed by atoms with Crippen LogP contribution in [0.4, 0.5) is 0 Å². The third kappa shape index (κ3) is 3.69. The fourth-order valence-electron chi connectivity index (χ4n) is 2.71. The molecule has 0 saturated carbocycles. The van der Waals surface area contributed by atoms with Crippen LogP contribution in [0.25, 0.3) is 0 Å². The maximum absolute atomic E-state index is 6.03. The van der Waals surface area contributed by atoms with Crippen molar-refractivity contribution in [3.05, 3.63) is 71.8 Å². The van der Waals surface area contributed by atoms with Gasteiger partial charge in [-0.15, -0.1) is 0 Å². The van der Waals surface area contributed by atoms with Gasteiger partial charge in [0.05, 0.1) is 0 Å². The van der Waals surface area contributed by atoms with Crippen molar-refractivity contribution in [3.8, 4) is 0 Å². The van der Waals surface area contributed by atoms with Gasteiger partial charge < -0.3 is 11.1 Å². The van der Waals surface area contributed by atoms with Gasteiger partial charge in [-0.3, -0.25) is 0 Å². The van der Waals surface area contributed by atoms with Crippen molar-refractivity contribution in [1.82, 2.24) is 5.32 Å². The number of hydrogen-bond acceptors (Lipinski definition) is 2. The van der Waals surface area contributed by atoms with Crippen molar-refractivity contribution in [2.24, 2.45) is 5.73 Å². The van der Waals surface area contributed by atoms with E-state index in [0.29, 0.717) is 12.6 Å². The van der Waals surface area contributed by atoms with E-state index < -0.39 is 0 Å². The highest BCUT2D eigenvalue weighted by molar-refractivity contribution is 5.34. The second kappa shape index (κ2) is 7.22. The molecule has 0 spiro atoms. The monoisotopic (exact) mass is 268 g/mol. The minimum atomic E-state index is 0.236. The topological polar surface area (TPSA) is 38.0 Å². The Bertz CT molecular complexity index is 454. The van der Waals surface area contributed by atoms with Gasteiger partial charge in [0.15, 0.2) is 0 Å². The lowest BCUT2D eigenvalue weighted by Crippen LogP contribution is -2.44. The average molecular weight is 268 g/mol. The van der Waals surface area contributed by atoms with Crippen molar-refractivity contribution in [2.45, 2.75) is 31.8 Å². The number of rotatable bonds is 6. The van der Waals surface area contributed by atoms with Crippen molar-refractivity contribution in [2.75, 3.05) is 6.54 Å². The summed E-state index contributed by atoms with van der Waals surface area (Å²) in [5, 5.41) is 3.60. The third-order valence-corrected chi connectivity index (χ3v) is 3.52. The van der Waals surface area contributed by atoms with Gasteiger partial charge in [0.1, 0.15) is 0 Å². The van der Waals surface area contributed by atoms with E-state index >= 15 is 0 Å². The van der Waals surface area contributed by atoms with Gasteiger partial charge in [0.25, 0.3) is 0 Å². The number of benzene rings is 2. The third-order valence-electron chi connectivity index (χ3n) is 3.52. The molecule has 1 atom stereocenters. The van der Waals surface area contributed by atoms with E-state index in [-0.39, 0.29) is 12.0 Å². The lowest BCUT2D eigenvalue weighted by Gasteiger charge is -2.29. The highest BCUT2D eigenvalue weighted by atomic mass is 15.0. The second-order valence-electron chi connectivity index (χ2n) is 5.46. The van der Waals surface area contributed by atoms with Crippen molar-refractivity contribution < 1.29 is 0 Å². The van der Waals surface area contributed by atoms with Crippen LogP contribution < -0.4 is 11.1 Å². The number of hydrogen-bond donors (Lipinski definition) is 2. The van der Waals surface area contributed by atoms with Crippen LogP contribution in [-0.2, 0) is 0 Å². The van der Waals surface area contributed by atoms with Crippen LogP contribution in [0, 0.1) is 0 Å². The highest BCUT2D eigenvalue weighted by Crippen LogP contribution is 2.27. The lowest BCUT2D eigenvalue weighted by molar-refractivity contribution is 0.433. The van der Waals surface area contributed by atoms with E-state index in [4.69, 9.17) is 5.73 Å². The first-order valence-electron chi connectivity index (χ1n) is 7.28. The van der Waals surface area contributed by atoms with E-state index in [1.165, 1.54) is 11.1 Å². The molecule has 2 heteroatoms. The van der Waals surface area contributed by atoms with Gasteiger partial charge in [-0.1, -0.05) is 74.5 Å². The van der Waals surface area contributed by atoms with Crippen LogP contribution in [0.5, 0.6) is 0 Å². The van der Waals surface area contributed by atoms with Gasteiger partial charge >= 0.3 is 0 Å². The molecule has 0 aromatic heterocycles. The zero-order valence-electron chi connectivity index (χ0n) is 12.3. The Kier molecular flexibility index (Phi) is 5.33. The van der Waals surface area contributed by atoms with E-state index in [2.05, 4.69) is 79.8 Å². The summed E-state index contributed by atoms with van der Waals surface area (Å²) in [6.07, 6.45) is 0. The normalized spacial score (nSPS) is 12.8. The van der Waals surface area contributed by atoms with Crippen LogP contribution in [0.2, 0.25) is 0 Å². The van der Waals surface area contributed by atoms with Crippen LogP contribution in [0.15, 0.2) is 60.7 Å². The van der Waals surface area contributed by atoms with Gasteiger partial charge in [-0.25, -0.2) is 0 Å². The molecule has 0 bridgehead atoms. The minimum absolute atomic E-state index is 0.236. The van der Waals surface area contributed by atoms with Crippen molar-refractivity contribution in [1.29, 1.82) is 0 Å². The first-order valence-corrected chi connectivity index (χ1v) is 7.28. The number of nitrogens with one attached hydrogen (secondary N) is 1. The summed E-state index contributed by atoms with van der Waals surface area (Å²) in [4.78, 5) is 0. The smallest absolute Gasteiger partial charge is 0.0301 e. The van der Waals surface area contributed by atoms with E-state index in [1.54, 1.807) is 0 Å². The molecule has 2 aromatic rings. The summed E-state index contributed by atoms with van der Waals surface area (Å²) in [5.41, 5.74) is 8.65. The van der Waals surface area contributed by atoms with Crippen molar-refractivity contribution >= 4 is 0 Å². The molecule has 0 aliphatic heterocycles. The molecule has 0 aliphatic carbocycles. The van der Waals surface area contributed by atoms with E-state index in [1.807, 2.05) is 0 Å². The summed E-state index contributed by atoms with van der Waals surface area (Å²) >= 11 is 0. The van der Waals surface area contributed by atoms with Gasteiger partial charge in [-0.2, -0.15) is 0 Å². The van der Waals surface area contributed by atoms with Crippen LogP contribution >= 0.6 is 0 Å². The fourth-order valence-corrected chi connectivity index (χ4v) is 2.71. The Morgan fingerprint density at radius 3 is 1.65 bits per heavy atom. The van der Waals surface area contributed by atoms with Crippen LogP contribution in [-0.4, -0.2) is 18.6 Å². The molecule has 0 fully saturated rings. The zero-order chi connectivity index (χ0) is 14.4. The molecule has 0 heterocycles. The molecule has 0 saturated heterocycles. The SMILES string of the molecule is CC(C)NC(CN)C(c1ccccc1)c1ccccc1. The van der Waals surface area contributed by atoms with Crippen LogP contribution in [0.1, 0.15) is 30.9 Å². The molecule has 0 aliphatic rings. The molecular formula is C18H24N2. The predicted molar refractivity (Wildman–Crippen MR) is 85.8 cm³/mol. The summed E-state index contributed by atoms with van der Waals surface area (Å²) < 4.78 is 0. The highest BCUT2D eigenvalue weighted by Gasteiger charge is 2.23. The Hall–Kier alpha value is -1.64. The van der Waals surface area contributed by atoms with Gasteiger partial charge in [0, 0.05) is 24.5 Å². The molecular weight excluding hydrogens is 244 g/mol. The molecule has 1 unspecified atom stereocenters. The Morgan fingerprint density at radius 1 is 0.850 bits per heavy atom. The molecule has 20 heavy (non-hydrogen) atoms. The molecule has 2 aromatic carbocycles. The first kappa shape index (κ1) is 14.8.